The third kappa shape index (κ3) is 5.71. The van der Waals surface area contributed by atoms with Crippen molar-refractivity contribution >= 4 is 40.4 Å². The van der Waals surface area contributed by atoms with Gasteiger partial charge in [-0.3, -0.25) is 0 Å². The van der Waals surface area contributed by atoms with Crippen LogP contribution in [-0.4, -0.2) is 35.2 Å². The normalized spacial score (nSPS) is 11.6. The van der Waals surface area contributed by atoms with Gasteiger partial charge >= 0.3 is 6.09 Å². The molecule has 2 aromatic carbocycles. The highest BCUT2D eigenvalue weighted by atomic mass is 35.5. The second kappa shape index (κ2) is 9.14. The minimum Gasteiger partial charge on any atom is -0.444 e. The van der Waals surface area contributed by atoms with Gasteiger partial charge in [-0.1, -0.05) is 47.6 Å². The predicted molar refractivity (Wildman–Crippen MR) is 121 cm³/mol. The van der Waals surface area contributed by atoms with Crippen LogP contribution in [0, 0.1) is 0 Å². The highest BCUT2D eigenvalue weighted by molar-refractivity contribution is 7.99. The predicted octanol–water partition coefficient (Wildman–Crippen LogP) is 6.77. The molecule has 0 radical (unpaired) electrons. The Labute approximate surface area is 181 Å². The average molecular weight is 431 g/mol. The molecule has 0 aliphatic heterocycles. The number of aromatic nitrogens is 1. The molecule has 0 saturated carbocycles. The number of nitrogens with zero attached hydrogens (tertiary/aromatic N) is 1. The van der Waals surface area contributed by atoms with Crippen molar-refractivity contribution in [2.45, 2.75) is 49.0 Å². The number of H-pyrrole nitrogens is 1. The second-order valence-corrected chi connectivity index (χ2v) is 9.52. The number of carbonyl (C=O) groups excluding carboxylic acids is 1. The molecule has 154 valence electrons. The van der Waals surface area contributed by atoms with Gasteiger partial charge in [0.1, 0.15) is 5.60 Å². The summed E-state index contributed by atoms with van der Waals surface area (Å²) in [6, 6.07) is 14.3. The first-order valence-corrected chi connectivity index (χ1v) is 10.9. The largest absolute Gasteiger partial charge is 0.444 e. The quantitative estimate of drug-likeness (QED) is 0.469. The minimum absolute atomic E-state index is 0.284. The van der Waals surface area contributed by atoms with Crippen LogP contribution in [0.25, 0.3) is 10.9 Å². The smallest absolute Gasteiger partial charge is 0.410 e. The van der Waals surface area contributed by atoms with Gasteiger partial charge in [-0.2, -0.15) is 0 Å². The summed E-state index contributed by atoms with van der Waals surface area (Å²) in [6.45, 7) is 6.28. The fourth-order valence-electron chi connectivity index (χ4n) is 3.06. The van der Waals surface area contributed by atoms with E-state index in [9.17, 15) is 4.79 Å². The lowest BCUT2D eigenvalue weighted by molar-refractivity contribution is 0.0297. The van der Waals surface area contributed by atoms with Crippen LogP contribution in [0.5, 0.6) is 0 Å². The van der Waals surface area contributed by atoms with E-state index in [2.05, 4.69) is 29.2 Å². The number of nitrogens with one attached hydrogen (secondary N) is 1. The standard InChI is InChI=1S/C23H27ClN2O2S/c1-23(2,3)28-22(27)26(4)14-8-10-16-9-5-6-13-19(16)29-20-15-25-18-12-7-11-17(24)21(18)20/h5-7,9,11-13,15,25H,8,10,14H2,1-4H3. The van der Waals surface area contributed by atoms with Gasteiger partial charge < -0.3 is 14.6 Å². The Balaban J connectivity index is 1.66. The van der Waals surface area contributed by atoms with Crippen molar-refractivity contribution in [3.63, 3.8) is 0 Å². The zero-order valence-electron chi connectivity index (χ0n) is 17.3. The van der Waals surface area contributed by atoms with Gasteiger partial charge in [-0.15, -0.1) is 0 Å². The zero-order valence-corrected chi connectivity index (χ0v) is 18.9. The van der Waals surface area contributed by atoms with Crippen molar-refractivity contribution in [2.75, 3.05) is 13.6 Å². The maximum Gasteiger partial charge on any atom is 0.410 e. The number of halogens is 1. The van der Waals surface area contributed by atoms with Crippen molar-refractivity contribution in [2.24, 2.45) is 0 Å². The van der Waals surface area contributed by atoms with Crippen LogP contribution in [0.1, 0.15) is 32.8 Å². The summed E-state index contributed by atoms with van der Waals surface area (Å²) < 4.78 is 5.42. The lowest BCUT2D eigenvalue weighted by atomic mass is 10.1. The van der Waals surface area contributed by atoms with Crippen LogP contribution in [0.4, 0.5) is 4.79 Å². The van der Waals surface area contributed by atoms with Gasteiger partial charge in [-0.25, -0.2) is 4.79 Å². The highest BCUT2D eigenvalue weighted by Crippen LogP contribution is 2.38. The molecule has 0 bridgehead atoms. The Bertz CT molecular complexity index is 994. The summed E-state index contributed by atoms with van der Waals surface area (Å²) >= 11 is 8.14. The Kier molecular flexibility index (Phi) is 6.81. The number of amides is 1. The summed E-state index contributed by atoms with van der Waals surface area (Å²) in [5.74, 6) is 0. The summed E-state index contributed by atoms with van der Waals surface area (Å²) in [4.78, 5) is 19.4. The summed E-state index contributed by atoms with van der Waals surface area (Å²) in [6.07, 6.45) is 3.47. The summed E-state index contributed by atoms with van der Waals surface area (Å²) in [5, 5.41) is 1.81. The summed E-state index contributed by atoms with van der Waals surface area (Å²) in [5.41, 5.74) is 1.82. The van der Waals surface area contributed by atoms with Crippen molar-refractivity contribution in [1.82, 2.24) is 9.88 Å². The Hall–Kier alpha value is -2.11. The van der Waals surface area contributed by atoms with Crippen molar-refractivity contribution in [3.8, 4) is 0 Å². The van der Waals surface area contributed by atoms with E-state index in [4.69, 9.17) is 16.3 Å². The third-order valence-corrected chi connectivity index (χ3v) is 5.93. The topological polar surface area (TPSA) is 45.3 Å². The number of benzene rings is 2. The first kappa shape index (κ1) is 21.6. The molecule has 0 spiro atoms. The van der Waals surface area contributed by atoms with Gasteiger partial charge in [0.2, 0.25) is 0 Å². The summed E-state index contributed by atoms with van der Waals surface area (Å²) in [7, 11) is 1.78. The number of hydrogen-bond donors (Lipinski definition) is 1. The van der Waals surface area contributed by atoms with Gasteiger partial charge in [0.25, 0.3) is 0 Å². The van der Waals surface area contributed by atoms with Crippen LogP contribution < -0.4 is 0 Å². The van der Waals surface area contributed by atoms with E-state index >= 15 is 0 Å². The maximum atomic E-state index is 12.1. The molecule has 3 aromatic rings. The average Bonchev–Trinajstić information content (AvgIpc) is 3.06. The number of aromatic amines is 1. The monoisotopic (exact) mass is 430 g/mol. The molecule has 6 heteroatoms. The molecule has 0 fully saturated rings. The van der Waals surface area contributed by atoms with E-state index in [1.807, 2.05) is 45.2 Å². The zero-order chi connectivity index (χ0) is 21.0. The molecular formula is C23H27ClN2O2S. The van der Waals surface area contributed by atoms with Crippen LogP contribution in [0.2, 0.25) is 5.02 Å². The Morgan fingerprint density at radius 1 is 1.14 bits per heavy atom. The fraction of sp³-hybridized carbons (Fsp3) is 0.348. The molecule has 0 unspecified atom stereocenters. The molecule has 0 saturated heterocycles. The number of fused-ring (bicyclic) bond motifs is 1. The van der Waals surface area contributed by atoms with Crippen LogP contribution in [0.15, 0.2) is 58.5 Å². The van der Waals surface area contributed by atoms with E-state index in [0.717, 1.165) is 33.7 Å². The molecule has 0 atom stereocenters. The maximum absolute atomic E-state index is 12.1. The van der Waals surface area contributed by atoms with Crippen LogP contribution >= 0.6 is 23.4 Å². The lowest BCUT2D eigenvalue weighted by Crippen LogP contribution is -2.34. The Morgan fingerprint density at radius 3 is 2.66 bits per heavy atom. The van der Waals surface area contributed by atoms with E-state index in [1.54, 1.807) is 23.7 Å². The van der Waals surface area contributed by atoms with E-state index in [-0.39, 0.29) is 6.09 Å². The minimum atomic E-state index is -0.477. The molecular weight excluding hydrogens is 404 g/mol. The van der Waals surface area contributed by atoms with E-state index in [0.29, 0.717) is 6.54 Å². The molecule has 29 heavy (non-hydrogen) atoms. The SMILES string of the molecule is CN(CCCc1ccccc1Sc1c[nH]c2cccc(Cl)c12)C(=O)OC(C)(C)C. The van der Waals surface area contributed by atoms with Gasteiger partial charge in [0, 0.05) is 40.5 Å². The molecule has 1 heterocycles. The van der Waals surface area contributed by atoms with Gasteiger partial charge in [0.05, 0.1) is 5.02 Å². The van der Waals surface area contributed by atoms with Gasteiger partial charge in [0.15, 0.2) is 0 Å². The Morgan fingerprint density at radius 2 is 1.90 bits per heavy atom. The van der Waals surface area contributed by atoms with Crippen molar-refractivity contribution in [1.29, 1.82) is 0 Å². The number of aryl methyl sites for hydroxylation is 1. The number of ether oxygens (including phenoxy) is 1. The molecule has 4 nitrogen and oxygen atoms in total. The second-order valence-electron chi connectivity index (χ2n) is 8.03. The first-order chi connectivity index (χ1) is 13.7. The number of carbonyl (C=O) groups is 1. The first-order valence-electron chi connectivity index (χ1n) is 9.70. The lowest BCUT2D eigenvalue weighted by Gasteiger charge is -2.24. The van der Waals surface area contributed by atoms with Crippen molar-refractivity contribution in [3.05, 3.63) is 59.2 Å². The third-order valence-electron chi connectivity index (χ3n) is 4.46. The van der Waals surface area contributed by atoms with Crippen LogP contribution in [-0.2, 0) is 11.2 Å². The molecule has 0 aliphatic rings. The van der Waals surface area contributed by atoms with E-state index in [1.165, 1.54) is 10.5 Å². The molecule has 1 N–H and O–H groups in total. The number of hydrogen-bond acceptors (Lipinski definition) is 3. The fourth-order valence-corrected chi connectivity index (χ4v) is 4.51. The number of rotatable bonds is 6. The van der Waals surface area contributed by atoms with Crippen LogP contribution in [0.3, 0.4) is 0 Å². The molecule has 1 aromatic heterocycles. The molecule has 3 rings (SSSR count). The highest BCUT2D eigenvalue weighted by Gasteiger charge is 2.19. The van der Waals surface area contributed by atoms with Gasteiger partial charge in [-0.05, 0) is 57.4 Å². The molecule has 0 aliphatic carbocycles. The molecule has 1 amide bonds. The van der Waals surface area contributed by atoms with E-state index < -0.39 is 5.60 Å². The van der Waals surface area contributed by atoms with Crippen molar-refractivity contribution < 1.29 is 9.53 Å².